The van der Waals surface area contributed by atoms with Gasteiger partial charge in [-0.3, -0.25) is 0 Å². The third kappa shape index (κ3) is 2.49. The van der Waals surface area contributed by atoms with Crippen LogP contribution in [-0.4, -0.2) is 54.5 Å². The molecule has 3 radical (unpaired) electrons. The molecule has 0 aromatic rings. The second-order valence-corrected chi connectivity index (χ2v) is 2.82. The fraction of sp³-hybridized carbons (Fsp3) is 1.00. The van der Waals surface area contributed by atoms with E-state index in [0.717, 1.165) is 0 Å². The van der Waals surface area contributed by atoms with Gasteiger partial charge in [-0.2, -0.15) is 0 Å². The fourth-order valence-electron chi connectivity index (χ4n) is 0.462. The van der Waals surface area contributed by atoms with Gasteiger partial charge in [0, 0.05) is 10.1 Å². The number of rotatable bonds is 2. The molecule has 0 fully saturated rings. The molecule has 0 aromatic heterocycles. The van der Waals surface area contributed by atoms with E-state index >= 15 is 0 Å². The Balaban J connectivity index is 3.46. The van der Waals surface area contributed by atoms with Crippen LogP contribution in [0.1, 0.15) is 0 Å². The molecule has 0 saturated heterocycles. The fourth-order valence-corrected chi connectivity index (χ4v) is 0.462. The van der Waals surface area contributed by atoms with Crippen molar-refractivity contribution in [2.75, 3.05) is 28.2 Å². The highest BCUT2D eigenvalue weighted by Crippen LogP contribution is 1.82. The van der Waals surface area contributed by atoms with Gasteiger partial charge in [-0.25, -0.2) is 0 Å². The largest absolute Gasteiger partial charge is 0.337 e. The van der Waals surface area contributed by atoms with E-state index in [1.165, 1.54) is 0 Å². The average molecular weight is 127 g/mol. The van der Waals surface area contributed by atoms with Crippen molar-refractivity contribution in [3.63, 3.8) is 0 Å². The molecule has 0 aromatic carbocycles. The highest BCUT2D eigenvalue weighted by Gasteiger charge is 2.10. The molecule has 0 spiro atoms. The average Bonchev–Trinajstić information content (AvgIpc) is 1.64. The van der Waals surface area contributed by atoms with Gasteiger partial charge in [0.2, 0.25) is 0 Å². The first kappa shape index (κ1) is 8.20. The van der Waals surface area contributed by atoms with Crippen molar-refractivity contribution >= 4 is 16.7 Å². The van der Waals surface area contributed by atoms with E-state index < -0.39 is 0 Å². The quantitative estimate of drug-likeness (QED) is 0.451. The summed E-state index contributed by atoms with van der Waals surface area (Å²) in [6, 6.07) is 0. The molecule has 0 atom stereocenters. The Labute approximate surface area is 55.3 Å². The molecule has 4 heteroatoms. The summed E-state index contributed by atoms with van der Waals surface area (Å²) in [5.41, 5.74) is 0. The van der Waals surface area contributed by atoms with Crippen LogP contribution in [0.5, 0.6) is 0 Å². The molecule has 0 aliphatic rings. The summed E-state index contributed by atoms with van der Waals surface area (Å²) >= 11 is 0. The van der Waals surface area contributed by atoms with Crippen molar-refractivity contribution in [2.24, 2.45) is 0 Å². The maximum Gasteiger partial charge on any atom is 0.283 e. The maximum absolute atomic E-state index is 3.51. The number of hydrogen-bond donors (Lipinski definition) is 0. The minimum absolute atomic E-state index is 0.343. The molecule has 0 amide bonds. The van der Waals surface area contributed by atoms with Crippen molar-refractivity contribution in [2.45, 2.75) is 0 Å². The third-order valence-corrected chi connectivity index (χ3v) is 2.01. The Morgan fingerprint density at radius 3 is 1.25 bits per heavy atom. The zero-order valence-electron chi connectivity index (χ0n) is 5.97. The lowest BCUT2D eigenvalue weighted by molar-refractivity contribution is 0.539. The van der Waals surface area contributed by atoms with Crippen LogP contribution >= 0.6 is 0 Å². The van der Waals surface area contributed by atoms with Crippen LogP contribution < -0.4 is 0 Å². The van der Waals surface area contributed by atoms with Crippen LogP contribution in [0.25, 0.3) is 0 Å². The molecule has 0 heterocycles. The topological polar surface area (TPSA) is 6.48 Å². The Bertz CT molecular complexity index is 59.1. The number of nitrogens with zero attached hydrogens (tertiary/aromatic N) is 2. The monoisotopic (exact) mass is 127 g/mol. The van der Waals surface area contributed by atoms with E-state index in [0.29, 0.717) is 6.57 Å². The van der Waals surface area contributed by atoms with E-state index in [2.05, 4.69) is 19.7 Å². The molecule has 0 unspecified atom stereocenters. The van der Waals surface area contributed by atoms with Crippen LogP contribution in [0.15, 0.2) is 0 Å². The van der Waals surface area contributed by atoms with Crippen LogP contribution in [0.2, 0.25) is 0 Å². The lowest BCUT2D eigenvalue weighted by Gasteiger charge is -2.22. The molecule has 8 heavy (non-hydrogen) atoms. The molecule has 0 bridgehead atoms. The first-order chi connectivity index (χ1) is 3.55. The molecule has 0 N–H and O–H groups in total. The van der Waals surface area contributed by atoms with Gasteiger partial charge in [-0.05, 0) is 28.2 Å². The van der Waals surface area contributed by atoms with Gasteiger partial charge in [-0.15, -0.1) is 0 Å². The van der Waals surface area contributed by atoms with Gasteiger partial charge < -0.3 is 9.62 Å². The molecule has 0 aliphatic carbocycles. The van der Waals surface area contributed by atoms with Crippen LogP contribution in [0.3, 0.4) is 0 Å². The lowest BCUT2D eigenvalue weighted by atomic mass is 10.1. The predicted octanol–water partition coefficient (Wildman–Crippen LogP) is -0.737. The van der Waals surface area contributed by atoms with E-state index in [1.807, 2.05) is 28.2 Å². The highest BCUT2D eigenvalue weighted by atomic mass is 28.1. The van der Waals surface area contributed by atoms with E-state index in [9.17, 15) is 0 Å². The van der Waals surface area contributed by atoms with Gasteiger partial charge in [0.1, 0.15) is 0 Å². The first-order valence-electron chi connectivity index (χ1n) is 2.59. The standard InChI is InChI=1S/C4H12BN2Si/c1-6(2)5(8)7(3)4/h1-4H3. The van der Waals surface area contributed by atoms with E-state index in [4.69, 9.17) is 0 Å². The lowest BCUT2D eigenvalue weighted by Crippen LogP contribution is -2.46. The Kier molecular flexibility index (Phi) is 3.35. The molecule has 0 saturated carbocycles. The van der Waals surface area contributed by atoms with Gasteiger partial charge in [-0.1, -0.05) is 0 Å². The molecule has 0 rings (SSSR count). The predicted molar refractivity (Wildman–Crippen MR) is 38.9 cm³/mol. The zero-order valence-corrected chi connectivity index (χ0v) is 6.97. The molecular weight excluding hydrogens is 115 g/mol. The molecule has 0 aliphatic heterocycles. The normalized spacial score (nSPS) is 10.9. The SMILES string of the molecule is CN(C)B([Si])N(C)C. The number of hydrogen-bond acceptors (Lipinski definition) is 2. The third-order valence-electron chi connectivity index (χ3n) is 0.978. The van der Waals surface area contributed by atoms with Gasteiger partial charge in [0.05, 0.1) is 0 Å². The van der Waals surface area contributed by atoms with E-state index in [-0.39, 0.29) is 0 Å². The summed E-state index contributed by atoms with van der Waals surface area (Å²) in [5.74, 6) is 0. The second kappa shape index (κ2) is 3.27. The van der Waals surface area contributed by atoms with Gasteiger partial charge in [0.25, 0.3) is 6.57 Å². The van der Waals surface area contributed by atoms with Crippen LogP contribution in [-0.2, 0) is 0 Å². The summed E-state index contributed by atoms with van der Waals surface area (Å²) in [4.78, 5) is 4.16. The summed E-state index contributed by atoms with van der Waals surface area (Å²) in [7, 11) is 11.6. The van der Waals surface area contributed by atoms with Crippen molar-refractivity contribution in [3.8, 4) is 0 Å². The summed E-state index contributed by atoms with van der Waals surface area (Å²) in [6.07, 6.45) is 0. The summed E-state index contributed by atoms with van der Waals surface area (Å²) in [5, 5.41) is 0. The summed E-state index contributed by atoms with van der Waals surface area (Å²) < 4.78 is 0. The first-order valence-corrected chi connectivity index (χ1v) is 3.17. The van der Waals surface area contributed by atoms with Crippen molar-refractivity contribution < 1.29 is 0 Å². The molecular formula is C4H12BN2Si. The molecule has 2 nitrogen and oxygen atoms in total. The van der Waals surface area contributed by atoms with Crippen LogP contribution in [0.4, 0.5) is 0 Å². The van der Waals surface area contributed by atoms with Crippen LogP contribution in [0, 0.1) is 0 Å². The minimum atomic E-state index is 0.343. The maximum atomic E-state index is 3.51. The molecule has 45 valence electrons. The summed E-state index contributed by atoms with van der Waals surface area (Å²) in [6.45, 7) is 0.343. The smallest absolute Gasteiger partial charge is 0.283 e. The van der Waals surface area contributed by atoms with Crippen molar-refractivity contribution in [3.05, 3.63) is 0 Å². The van der Waals surface area contributed by atoms with E-state index in [1.54, 1.807) is 0 Å². The van der Waals surface area contributed by atoms with Crippen molar-refractivity contribution in [1.82, 2.24) is 9.62 Å². The Hall–Kier alpha value is 0.202. The second-order valence-electron chi connectivity index (χ2n) is 2.30. The minimum Gasteiger partial charge on any atom is -0.337 e. The Morgan fingerprint density at radius 1 is 1.00 bits per heavy atom. The zero-order chi connectivity index (χ0) is 6.73. The highest BCUT2D eigenvalue weighted by molar-refractivity contribution is 6.99. The van der Waals surface area contributed by atoms with Gasteiger partial charge >= 0.3 is 0 Å². The van der Waals surface area contributed by atoms with Crippen molar-refractivity contribution in [1.29, 1.82) is 0 Å². The van der Waals surface area contributed by atoms with Gasteiger partial charge in [0.15, 0.2) is 0 Å². The Morgan fingerprint density at radius 2 is 1.25 bits per heavy atom.